The zero-order chi connectivity index (χ0) is 15.3. The highest BCUT2D eigenvalue weighted by Crippen LogP contribution is 2.22. The molecule has 0 aliphatic rings. The van der Waals surface area contributed by atoms with Crippen LogP contribution in [0.2, 0.25) is 0 Å². The number of anilines is 1. The van der Waals surface area contributed by atoms with Gasteiger partial charge in [0.25, 0.3) is 0 Å². The van der Waals surface area contributed by atoms with Crippen molar-refractivity contribution in [2.75, 3.05) is 18.1 Å². The standard InChI is InChI=1S/C13H15BrN2O3S2/c14-12-4-6-20-13(12)9-16-21(17,18)7-5-19-11-3-1-2-10(15)8-11/h1-4,6,8,16H,5,7,9,15H2. The Kier molecular flexibility index (Phi) is 5.63. The summed E-state index contributed by atoms with van der Waals surface area (Å²) in [5.74, 6) is 0.455. The van der Waals surface area contributed by atoms with Crippen LogP contribution in [0.1, 0.15) is 4.88 Å². The number of thiophene rings is 1. The van der Waals surface area contributed by atoms with Crippen LogP contribution in [-0.2, 0) is 16.6 Å². The van der Waals surface area contributed by atoms with Gasteiger partial charge in [-0.05, 0) is 39.5 Å². The molecule has 2 rings (SSSR count). The Labute approximate surface area is 136 Å². The minimum absolute atomic E-state index is 0.0738. The summed E-state index contributed by atoms with van der Waals surface area (Å²) in [6.07, 6.45) is 0. The molecule has 0 bridgehead atoms. The molecule has 0 aliphatic heterocycles. The van der Waals surface area contributed by atoms with Crippen LogP contribution in [0.3, 0.4) is 0 Å². The number of nitrogens with two attached hydrogens (primary N) is 1. The molecule has 0 saturated heterocycles. The Balaban J connectivity index is 1.80. The Morgan fingerprint density at radius 3 is 2.81 bits per heavy atom. The maximum atomic E-state index is 11.9. The lowest BCUT2D eigenvalue weighted by atomic mass is 10.3. The van der Waals surface area contributed by atoms with Crippen LogP contribution in [0, 0.1) is 0 Å². The van der Waals surface area contributed by atoms with Crippen LogP contribution in [-0.4, -0.2) is 20.8 Å². The van der Waals surface area contributed by atoms with Gasteiger partial charge in [-0.25, -0.2) is 13.1 Å². The number of hydrogen-bond donors (Lipinski definition) is 2. The lowest BCUT2D eigenvalue weighted by Crippen LogP contribution is -2.28. The first-order chi connectivity index (χ1) is 9.96. The molecule has 114 valence electrons. The zero-order valence-electron chi connectivity index (χ0n) is 11.1. The van der Waals surface area contributed by atoms with Crippen LogP contribution in [0.4, 0.5) is 5.69 Å². The van der Waals surface area contributed by atoms with Gasteiger partial charge in [0.15, 0.2) is 0 Å². The van der Waals surface area contributed by atoms with Crippen LogP contribution in [0.5, 0.6) is 5.75 Å². The van der Waals surface area contributed by atoms with E-state index in [0.717, 1.165) is 9.35 Å². The number of nitrogen functional groups attached to an aromatic ring is 1. The molecule has 0 unspecified atom stereocenters. The molecule has 0 aliphatic carbocycles. The van der Waals surface area contributed by atoms with Crippen molar-refractivity contribution in [3.63, 3.8) is 0 Å². The summed E-state index contributed by atoms with van der Waals surface area (Å²) in [5.41, 5.74) is 6.20. The van der Waals surface area contributed by atoms with Crippen LogP contribution < -0.4 is 15.2 Å². The molecule has 1 aromatic carbocycles. The Hall–Kier alpha value is -1.09. The third kappa shape index (κ3) is 5.31. The van der Waals surface area contributed by atoms with Crippen molar-refractivity contribution in [3.05, 3.63) is 45.1 Å². The van der Waals surface area contributed by atoms with Gasteiger partial charge in [-0.3, -0.25) is 0 Å². The summed E-state index contributed by atoms with van der Waals surface area (Å²) >= 11 is 4.86. The van der Waals surface area contributed by atoms with Gasteiger partial charge < -0.3 is 10.5 Å². The van der Waals surface area contributed by atoms with Crippen LogP contribution in [0.25, 0.3) is 0 Å². The smallest absolute Gasteiger partial charge is 0.215 e. The van der Waals surface area contributed by atoms with Crippen LogP contribution in [0.15, 0.2) is 40.2 Å². The van der Waals surface area contributed by atoms with Crippen molar-refractivity contribution in [2.45, 2.75) is 6.54 Å². The fraction of sp³-hybridized carbons (Fsp3) is 0.231. The highest BCUT2D eigenvalue weighted by molar-refractivity contribution is 9.10. The van der Waals surface area contributed by atoms with E-state index in [2.05, 4.69) is 20.7 Å². The Bertz CT molecular complexity index is 701. The van der Waals surface area contributed by atoms with E-state index in [-0.39, 0.29) is 18.9 Å². The van der Waals surface area contributed by atoms with E-state index in [9.17, 15) is 8.42 Å². The Morgan fingerprint density at radius 1 is 1.33 bits per heavy atom. The molecular formula is C13H15BrN2O3S2. The van der Waals surface area contributed by atoms with E-state index in [1.807, 2.05) is 11.4 Å². The predicted octanol–water partition coefficient (Wildman–Crippen LogP) is 2.59. The fourth-order valence-electron chi connectivity index (χ4n) is 1.57. The van der Waals surface area contributed by atoms with Crippen molar-refractivity contribution in [1.82, 2.24) is 4.72 Å². The molecular weight excluding hydrogens is 376 g/mol. The zero-order valence-corrected chi connectivity index (χ0v) is 14.3. The van der Waals surface area contributed by atoms with Gasteiger partial charge in [0.2, 0.25) is 10.0 Å². The van der Waals surface area contributed by atoms with Crippen LogP contribution >= 0.6 is 27.3 Å². The molecule has 0 saturated carbocycles. The van der Waals surface area contributed by atoms with E-state index in [1.54, 1.807) is 24.3 Å². The number of ether oxygens (including phenoxy) is 1. The first-order valence-corrected chi connectivity index (χ1v) is 9.46. The summed E-state index contributed by atoms with van der Waals surface area (Å²) < 4.78 is 32.6. The monoisotopic (exact) mass is 390 g/mol. The highest BCUT2D eigenvalue weighted by atomic mass is 79.9. The summed E-state index contributed by atoms with van der Waals surface area (Å²) in [7, 11) is -3.38. The highest BCUT2D eigenvalue weighted by Gasteiger charge is 2.12. The van der Waals surface area contributed by atoms with E-state index in [1.165, 1.54) is 11.3 Å². The third-order valence-corrected chi connectivity index (χ3v) is 5.84. The number of sulfonamides is 1. The number of nitrogens with one attached hydrogen (secondary N) is 1. The maximum absolute atomic E-state index is 11.9. The molecule has 21 heavy (non-hydrogen) atoms. The average Bonchev–Trinajstić information content (AvgIpc) is 2.82. The van der Waals surface area contributed by atoms with Crippen molar-refractivity contribution in [2.24, 2.45) is 0 Å². The molecule has 0 fully saturated rings. The molecule has 0 spiro atoms. The number of hydrogen-bond acceptors (Lipinski definition) is 5. The van der Waals surface area contributed by atoms with Gasteiger partial charge in [-0.2, -0.15) is 0 Å². The molecule has 0 radical (unpaired) electrons. The number of halogens is 1. The molecule has 2 aromatic rings. The minimum Gasteiger partial charge on any atom is -0.492 e. The maximum Gasteiger partial charge on any atom is 0.215 e. The van der Waals surface area contributed by atoms with Gasteiger partial charge in [-0.15, -0.1) is 11.3 Å². The van der Waals surface area contributed by atoms with Gasteiger partial charge in [0.1, 0.15) is 12.4 Å². The molecule has 5 nitrogen and oxygen atoms in total. The predicted molar refractivity (Wildman–Crippen MR) is 89.0 cm³/mol. The molecule has 0 amide bonds. The summed E-state index contributed by atoms with van der Waals surface area (Å²) in [6.45, 7) is 0.350. The quantitative estimate of drug-likeness (QED) is 0.711. The van der Waals surface area contributed by atoms with E-state index in [0.29, 0.717) is 11.4 Å². The van der Waals surface area contributed by atoms with E-state index in [4.69, 9.17) is 10.5 Å². The first kappa shape index (κ1) is 16.3. The fourth-order valence-corrected chi connectivity index (χ4v) is 3.91. The average molecular weight is 391 g/mol. The lowest BCUT2D eigenvalue weighted by Gasteiger charge is -2.08. The number of rotatable bonds is 7. The van der Waals surface area contributed by atoms with Gasteiger partial charge in [0, 0.05) is 27.6 Å². The molecule has 1 aromatic heterocycles. The van der Waals surface area contributed by atoms with Crippen molar-refractivity contribution < 1.29 is 13.2 Å². The van der Waals surface area contributed by atoms with E-state index >= 15 is 0 Å². The van der Waals surface area contributed by atoms with Crippen molar-refractivity contribution >= 4 is 43.0 Å². The topological polar surface area (TPSA) is 81.4 Å². The van der Waals surface area contributed by atoms with E-state index < -0.39 is 10.0 Å². The second kappa shape index (κ2) is 7.26. The van der Waals surface area contributed by atoms with Gasteiger partial charge in [-0.1, -0.05) is 6.07 Å². The van der Waals surface area contributed by atoms with Gasteiger partial charge >= 0.3 is 0 Å². The van der Waals surface area contributed by atoms with Crippen molar-refractivity contribution in [3.8, 4) is 5.75 Å². The SMILES string of the molecule is Nc1cccc(OCCS(=O)(=O)NCc2sccc2Br)c1. The summed E-state index contributed by atoms with van der Waals surface area (Å²) in [6, 6.07) is 8.77. The normalized spacial score (nSPS) is 11.5. The second-order valence-corrected chi connectivity index (χ2v) is 8.03. The van der Waals surface area contributed by atoms with Gasteiger partial charge in [0.05, 0.1) is 5.75 Å². The summed E-state index contributed by atoms with van der Waals surface area (Å²) in [5, 5.41) is 1.90. The minimum atomic E-state index is -3.38. The Morgan fingerprint density at radius 2 is 2.14 bits per heavy atom. The summed E-state index contributed by atoms with van der Waals surface area (Å²) in [4.78, 5) is 0.940. The molecule has 0 atom stereocenters. The molecule has 3 N–H and O–H groups in total. The van der Waals surface area contributed by atoms with Crippen molar-refractivity contribution in [1.29, 1.82) is 0 Å². The largest absolute Gasteiger partial charge is 0.492 e. The molecule has 8 heteroatoms. The second-order valence-electron chi connectivity index (χ2n) is 4.25. The number of benzene rings is 1. The third-order valence-electron chi connectivity index (χ3n) is 2.62. The first-order valence-electron chi connectivity index (χ1n) is 6.14. The lowest BCUT2D eigenvalue weighted by molar-refractivity contribution is 0.340. The molecule has 1 heterocycles.